The summed E-state index contributed by atoms with van der Waals surface area (Å²) in [5.41, 5.74) is 0.981. The molecule has 0 fully saturated rings. The van der Waals surface area contributed by atoms with Crippen LogP contribution < -0.4 is 0 Å². The maximum atomic E-state index is 13.1. The molecule has 1 aromatic carbocycles. The van der Waals surface area contributed by atoms with Gasteiger partial charge in [0.15, 0.2) is 0 Å². The largest absolute Gasteiger partial charge is 0.478 e. The highest BCUT2D eigenvalue weighted by molar-refractivity contribution is 6.31. The van der Waals surface area contributed by atoms with Crippen LogP contribution in [0.15, 0.2) is 24.5 Å². The van der Waals surface area contributed by atoms with Crippen LogP contribution in [-0.2, 0) is 0 Å². The van der Waals surface area contributed by atoms with E-state index in [0.29, 0.717) is 11.3 Å². The van der Waals surface area contributed by atoms with E-state index in [1.807, 2.05) is 0 Å². The monoisotopic (exact) mass is 266 g/mol. The number of carboxylic acid groups (broad SMARTS) is 1. The smallest absolute Gasteiger partial charge is 0.339 e. The van der Waals surface area contributed by atoms with E-state index >= 15 is 0 Å². The number of carboxylic acids is 1. The zero-order valence-corrected chi connectivity index (χ0v) is 10.1. The lowest BCUT2D eigenvalue weighted by molar-refractivity contribution is 0.0696. The molecular weight excluding hydrogens is 259 g/mol. The number of hydrogen-bond donors (Lipinski definition) is 1. The first-order valence-corrected chi connectivity index (χ1v) is 5.39. The first kappa shape index (κ1) is 12.4. The molecule has 0 bridgehead atoms. The van der Waals surface area contributed by atoms with Crippen LogP contribution in [-0.4, -0.2) is 21.0 Å². The Morgan fingerprint density at radius 3 is 2.72 bits per heavy atom. The molecule has 0 atom stereocenters. The third kappa shape index (κ3) is 2.17. The Kier molecular flexibility index (Phi) is 3.25. The van der Waals surface area contributed by atoms with Gasteiger partial charge in [0.05, 0.1) is 16.4 Å². The van der Waals surface area contributed by atoms with Crippen molar-refractivity contribution < 1.29 is 14.3 Å². The molecule has 0 radical (unpaired) electrons. The summed E-state index contributed by atoms with van der Waals surface area (Å²) in [6.45, 7) is 1.57. The molecule has 92 valence electrons. The third-order valence-electron chi connectivity index (χ3n) is 2.44. The van der Waals surface area contributed by atoms with Crippen LogP contribution in [0.25, 0.3) is 11.3 Å². The van der Waals surface area contributed by atoms with Crippen LogP contribution in [0.4, 0.5) is 4.39 Å². The number of aromatic carboxylic acids is 1. The van der Waals surface area contributed by atoms with Crippen molar-refractivity contribution in [3.8, 4) is 11.3 Å². The molecule has 0 saturated heterocycles. The first-order chi connectivity index (χ1) is 8.50. The van der Waals surface area contributed by atoms with E-state index in [4.69, 9.17) is 16.7 Å². The van der Waals surface area contributed by atoms with Gasteiger partial charge < -0.3 is 5.11 Å². The van der Waals surface area contributed by atoms with E-state index in [9.17, 15) is 9.18 Å². The predicted molar refractivity (Wildman–Crippen MR) is 64.1 cm³/mol. The maximum absolute atomic E-state index is 13.1. The Hall–Kier alpha value is -2.01. The minimum Gasteiger partial charge on any atom is -0.478 e. The minimum atomic E-state index is -1.14. The molecule has 0 amide bonds. The molecule has 0 spiro atoms. The molecule has 1 aromatic heterocycles. The highest BCUT2D eigenvalue weighted by atomic mass is 35.5. The number of carbonyl (C=O) groups is 1. The van der Waals surface area contributed by atoms with Gasteiger partial charge in [-0.2, -0.15) is 0 Å². The van der Waals surface area contributed by atoms with Gasteiger partial charge in [-0.3, -0.25) is 0 Å². The van der Waals surface area contributed by atoms with E-state index in [0.717, 1.165) is 0 Å². The lowest BCUT2D eigenvalue weighted by Gasteiger charge is -2.07. The van der Waals surface area contributed by atoms with Gasteiger partial charge in [0.1, 0.15) is 17.7 Å². The van der Waals surface area contributed by atoms with Crippen molar-refractivity contribution in [2.75, 3.05) is 0 Å². The summed E-state index contributed by atoms with van der Waals surface area (Å²) < 4.78 is 13.1. The Bertz CT molecular complexity index is 631. The van der Waals surface area contributed by atoms with Crippen LogP contribution in [0.1, 0.15) is 16.1 Å². The van der Waals surface area contributed by atoms with E-state index < -0.39 is 11.8 Å². The second kappa shape index (κ2) is 4.70. The Morgan fingerprint density at radius 2 is 2.11 bits per heavy atom. The van der Waals surface area contributed by atoms with Gasteiger partial charge in [0, 0.05) is 5.56 Å². The summed E-state index contributed by atoms with van der Waals surface area (Å²) >= 11 is 5.67. The third-order valence-corrected chi connectivity index (χ3v) is 2.73. The van der Waals surface area contributed by atoms with E-state index in [-0.39, 0.29) is 16.3 Å². The fourth-order valence-corrected chi connectivity index (χ4v) is 1.77. The number of nitrogens with zero attached hydrogens (tertiary/aromatic N) is 2. The van der Waals surface area contributed by atoms with Crippen molar-refractivity contribution in [1.82, 2.24) is 9.97 Å². The number of rotatable bonds is 2. The van der Waals surface area contributed by atoms with E-state index in [1.165, 1.54) is 24.5 Å². The van der Waals surface area contributed by atoms with Crippen molar-refractivity contribution in [1.29, 1.82) is 0 Å². The summed E-state index contributed by atoms with van der Waals surface area (Å²) in [5, 5.41) is 9.06. The zero-order valence-electron chi connectivity index (χ0n) is 9.32. The Labute approximate surface area is 107 Å². The van der Waals surface area contributed by atoms with Crippen molar-refractivity contribution in [3.63, 3.8) is 0 Å². The van der Waals surface area contributed by atoms with Crippen molar-refractivity contribution in [2.24, 2.45) is 0 Å². The zero-order chi connectivity index (χ0) is 13.3. The van der Waals surface area contributed by atoms with Gasteiger partial charge in [0.2, 0.25) is 0 Å². The molecule has 18 heavy (non-hydrogen) atoms. The van der Waals surface area contributed by atoms with Crippen LogP contribution in [0, 0.1) is 12.7 Å². The number of hydrogen-bond acceptors (Lipinski definition) is 3. The average molecular weight is 267 g/mol. The van der Waals surface area contributed by atoms with Crippen molar-refractivity contribution in [3.05, 3.63) is 46.6 Å². The highest BCUT2D eigenvalue weighted by Crippen LogP contribution is 2.26. The van der Waals surface area contributed by atoms with Gasteiger partial charge in [-0.1, -0.05) is 11.6 Å². The SMILES string of the molecule is Cc1ncnc(-c2ccc(F)c(Cl)c2)c1C(=O)O. The topological polar surface area (TPSA) is 63.1 Å². The summed E-state index contributed by atoms with van der Waals surface area (Å²) in [4.78, 5) is 18.9. The number of benzene rings is 1. The molecule has 0 aliphatic carbocycles. The molecule has 0 saturated carbocycles. The Balaban J connectivity index is 2.67. The van der Waals surface area contributed by atoms with Gasteiger partial charge in [-0.15, -0.1) is 0 Å². The number of aryl methyl sites for hydroxylation is 1. The second-order valence-electron chi connectivity index (χ2n) is 3.62. The lowest BCUT2D eigenvalue weighted by Crippen LogP contribution is -2.06. The van der Waals surface area contributed by atoms with Gasteiger partial charge >= 0.3 is 5.97 Å². The maximum Gasteiger partial charge on any atom is 0.339 e. The minimum absolute atomic E-state index is 0.0137. The second-order valence-corrected chi connectivity index (χ2v) is 4.02. The molecule has 2 rings (SSSR count). The molecular formula is C12H8ClFN2O2. The molecule has 0 aliphatic heterocycles. The van der Waals surface area contributed by atoms with Gasteiger partial charge in [-0.05, 0) is 25.1 Å². The summed E-state index contributed by atoms with van der Waals surface area (Å²) in [5.74, 6) is -1.70. The molecule has 2 aromatic rings. The predicted octanol–water partition coefficient (Wildman–Crippen LogP) is 2.94. The molecule has 1 heterocycles. The summed E-state index contributed by atoms with van der Waals surface area (Å²) in [7, 11) is 0. The molecule has 0 aliphatic rings. The molecule has 0 unspecified atom stereocenters. The van der Waals surface area contributed by atoms with E-state index in [2.05, 4.69) is 9.97 Å². The highest BCUT2D eigenvalue weighted by Gasteiger charge is 2.17. The first-order valence-electron chi connectivity index (χ1n) is 5.01. The molecule has 6 heteroatoms. The molecule has 1 N–H and O–H groups in total. The lowest BCUT2D eigenvalue weighted by atomic mass is 10.0. The average Bonchev–Trinajstić information content (AvgIpc) is 2.32. The van der Waals surface area contributed by atoms with Crippen LogP contribution >= 0.6 is 11.6 Å². The van der Waals surface area contributed by atoms with Gasteiger partial charge in [-0.25, -0.2) is 19.2 Å². The van der Waals surface area contributed by atoms with E-state index in [1.54, 1.807) is 6.92 Å². The quantitative estimate of drug-likeness (QED) is 0.908. The standard InChI is InChI=1S/C12H8ClFN2O2/c1-6-10(12(17)18)11(16-5-15-6)7-2-3-9(14)8(13)4-7/h2-5H,1H3,(H,17,18). The van der Waals surface area contributed by atoms with Crippen molar-refractivity contribution in [2.45, 2.75) is 6.92 Å². The normalized spacial score (nSPS) is 10.4. The number of aromatic nitrogens is 2. The van der Waals surface area contributed by atoms with Crippen LogP contribution in [0.2, 0.25) is 5.02 Å². The van der Waals surface area contributed by atoms with Crippen LogP contribution in [0.5, 0.6) is 0 Å². The summed E-state index contributed by atoms with van der Waals surface area (Å²) in [6.07, 6.45) is 1.26. The Morgan fingerprint density at radius 1 is 1.39 bits per heavy atom. The molecule has 4 nitrogen and oxygen atoms in total. The van der Waals surface area contributed by atoms with Gasteiger partial charge in [0.25, 0.3) is 0 Å². The fraction of sp³-hybridized carbons (Fsp3) is 0.0833. The van der Waals surface area contributed by atoms with Crippen molar-refractivity contribution >= 4 is 17.6 Å². The van der Waals surface area contributed by atoms with Crippen LogP contribution in [0.3, 0.4) is 0 Å². The fourth-order valence-electron chi connectivity index (χ4n) is 1.59. The summed E-state index contributed by atoms with van der Waals surface area (Å²) in [6, 6.07) is 3.93. The number of halogens is 2.